The van der Waals surface area contributed by atoms with Crippen LogP contribution in [0.5, 0.6) is 0 Å². The van der Waals surface area contributed by atoms with E-state index in [-0.39, 0.29) is 6.10 Å². The van der Waals surface area contributed by atoms with Crippen LogP contribution in [0.3, 0.4) is 0 Å². The van der Waals surface area contributed by atoms with E-state index in [0.717, 1.165) is 45.4 Å². The summed E-state index contributed by atoms with van der Waals surface area (Å²) in [5.74, 6) is 1.28. The number of rotatable bonds is 6. The Bertz CT molecular complexity index is 719. The molecule has 6 heteroatoms. The number of hydrogen-bond donors (Lipinski definition) is 0. The van der Waals surface area contributed by atoms with Crippen molar-refractivity contribution in [1.29, 1.82) is 0 Å². The van der Waals surface area contributed by atoms with Crippen molar-refractivity contribution in [2.24, 2.45) is 0 Å². The zero-order valence-electron chi connectivity index (χ0n) is 16.3. The first-order valence-electron chi connectivity index (χ1n) is 10.1. The molecule has 2 atom stereocenters. The van der Waals surface area contributed by atoms with Crippen LogP contribution in [-0.2, 0) is 15.1 Å². The van der Waals surface area contributed by atoms with Crippen LogP contribution in [0.4, 0.5) is 0 Å². The SMILES string of the molecule is CCOC1(c2nc([C@H]3CCCO3)no2)CCN([C@H](C)c2ccccc2)CC1. The first-order chi connectivity index (χ1) is 13.2. The fourth-order valence-corrected chi connectivity index (χ4v) is 4.24. The van der Waals surface area contributed by atoms with E-state index in [1.165, 1.54) is 5.56 Å². The topological polar surface area (TPSA) is 60.6 Å². The van der Waals surface area contributed by atoms with Gasteiger partial charge in [0.05, 0.1) is 0 Å². The Morgan fingerprint density at radius 1 is 1.26 bits per heavy atom. The lowest BCUT2D eigenvalue weighted by atomic mass is 9.89. The molecule has 2 aliphatic heterocycles. The summed E-state index contributed by atoms with van der Waals surface area (Å²) >= 11 is 0. The number of piperidine rings is 1. The Hall–Kier alpha value is -1.76. The monoisotopic (exact) mass is 371 g/mol. The van der Waals surface area contributed by atoms with Gasteiger partial charge >= 0.3 is 0 Å². The maximum atomic E-state index is 6.20. The molecular weight excluding hydrogens is 342 g/mol. The molecular formula is C21H29N3O3. The lowest BCUT2D eigenvalue weighted by Crippen LogP contribution is -2.45. The van der Waals surface area contributed by atoms with Gasteiger partial charge in [-0.25, -0.2) is 0 Å². The van der Waals surface area contributed by atoms with Crippen LogP contribution < -0.4 is 0 Å². The standard InChI is InChI=1S/C21H29N3O3/c1-3-26-21(20-22-19(23-27-20)18-10-7-15-25-18)11-13-24(14-12-21)16(2)17-8-5-4-6-9-17/h4-6,8-9,16,18H,3,7,10-15H2,1-2H3/t16-,18-/m1/s1. The number of benzene rings is 1. The molecule has 27 heavy (non-hydrogen) atoms. The molecule has 2 aromatic rings. The van der Waals surface area contributed by atoms with Crippen molar-refractivity contribution in [1.82, 2.24) is 15.0 Å². The van der Waals surface area contributed by atoms with Gasteiger partial charge in [0, 0.05) is 32.3 Å². The van der Waals surface area contributed by atoms with Crippen molar-refractivity contribution in [2.45, 2.75) is 57.3 Å². The van der Waals surface area contributed by atoms with Crippen molar-refractivity contribution < 1.29 is 14.0 Å². The lowest BCUT2D eigenvalue weighted by Gasteiger charge is -2.41. The van der Waals surface area contributed by atoms with Gasteiger partial charge in [0.25, 0.3) is 5.89 Å². The predicted octanol–water partition coefficient (Wildman–Crippen LogP) is 4.01. The highest BCUT2D eigenvalue weighted by Crippen LogP contribution is 2.39. The first-order valence-corrected chi connectivity index (χ1v) is 10.1. The average Bonchev–Trinajstić information content (AvgIpc) is 3.41. The van der Waals surface area contributed by atoms with Crippen molar-refractivity contribution in [3.8, 4) is 0 Å². The molecule has 0 N–H and O–H groups in total. The van der Waals surface area contributed by atoms with E-state index in [1.807, 2.05) is 6.92 Å². The number of likely N-dealkylation sites (tertiary alicyclic amines) is 1. The fraction of sp³-hybridized carbons (Fsp3) is 0.619. The minimum absolute atomic E-state index is 0.0284. The van der Waals surface area contributed by atoms with E-state index in [2.05, 4.69) is 52.3 Å². The van der Waals surface area contributed by atoms with Crippen LogP contribution in [0, 0.1) is 0 Å². The molecule has 0 saturated carbocycles. The van der Waals surface area contributed by atoms with Gasteiger partial charge in [-0.3, -0.25) is 4.90 Å². The molecule has 0 bridgehead atoms. The highest BCUT2D eigenvalue weighted by Gasteiger charge is 2.43. The molecule has 0 spiro atoms. The number of ether oxygens (including phenoxy) is 2. The van der Waals surface area contributed by atoms with Gasteiger partial charge < -0.3 is 14.0 Å². The second-order valence-electron chi connectivity index (χ2n) is 7.51. The van der Waals surface area contributed by atoms with E-state index in [1.54, 1.807) is 0 Å². The van der Waals surface area contributed by atoms with Gasteiger partial charge in [0.2, 0.25) is 5.82 Å². The van der Waals surface area contributed by atoms with Crippen LogP contribution in [0.2, 0.25) is 0 Å². The second kappa shape index (κ2) is 8.09. The predicted molar refractivity (Wildman–Crippen MR) is 101 cm³/mol. The average molecular weight is 371 g/mol. The summed E-state index contributed by atoms with van der Waals surface area (Å²) in [6, 6.07) is 11.0. The molecule has 146 valence electrons. The van der Waals surface area contributed by atoms with E-state index < -0.39 is 5.60 Å². The van der Waals surface area contributed by atoms with Crippen LogP contribution in [0.25, 0.3) is 0 Å². The molecule has 2 saturated heterocycles. The van der Waals surface area contributed by atoms with Gasteiger partial charge in [-0.1, -0.05) is 35.5 Å². The second-order valence-corrected chi connectivity index (χ2v) is 7.51. The smallest absolute Gasteiger partial charge is 0.259 e. The highest BCUT2D eigenvalue weighted by molar-refractivity contribution is 5.18. The summed E-state index contributed by atoms with van der Waals surface area (Å²) in [6.45, 7) is 7.58. The minimum Gasteiger partial charge on any atom is -0.370 e. The van der Waals surface area contributed by atoms with Gasteiger partial charge in [-0.05, 0) is 45.1 Å². The molecule has 6 nitrogen and oxygen atoms in total. The summed E-state index contributed by atoms with van der Waals surface area (Å²) in [6.07, 6.45) is 3.69. The van der Waals surface area contributed by atoms with Crippen molar-refractivity contribution in [3.05, 3.63) is 47.6 Å². The number of hydrogen-bond acceptors (Lipinski definition) is 6. The molecule has 0 aliphatic carbocycles. The zero-order chi connectivity index (χ0) is 18.7. The molecule has 3 heterocycles. The van der Waals surface area contributed by atoms with Gasteiger partial charge in [0.15, 0.2) is 0 Å². The quantitative estimate of drug-likeness (QED) is 0.765. The third kappa shape index (κ3) is 3.79. The van der Waals surface area contributed by atoms with Gasteiger partial charge in [-0.2, -0.15) is 4.98 Å². The minimum atomic E-state index is -0.481. The Morgan fingerprint density at radius 2 is 2.04 bits per heavy atom. The lowest BCUT2D eigenvalue weighted by molar-refractivity contribution is -0.108. The van der Waals surface area contributed by atoms with Crippen LogP contribution in [0.1, 0.15) is 69.0 Å². The zero-order valence-corrected chi connectivity index (χ0v) is 16.3. The third-order valence-electron chi connectivity index (χ3n) is 5.91. The molecule has 1 aromatic heterocycles. The summed E-state index contributed by atoms with van der Waals surface area (Å²) in [7, 11) is 0. The number of aromatic nitrogens is 2. The normalized spacial score (nSPS) is 24.1. The highest BCUT2D eigenvalue weighted by atomic mass is 16.5. The van der Waals surface area contributed by atoms with E-state index in [9.17, 15) is 0 Å². The van der Waals surface area contributed by atoms with Crippen molar-refractivity contribution in [2.75, 3.05) is 26.3 Å². The Labute approximate surface area is 160 Å². The van der Waals surface area contributed by atoms with E-state index in [0.29, 0.717) is 24.4 Å². The van der Waals surface area contributed by atoms with Crippen LogP contribution in [-0.4, -0.2) is 41.3 Å². The Balaban J connectivity index is 1.47. The maximum Gasteiger partial charge on any atom is 0.259 e. The van der Waals surface area contributed by atoms with E-state index >= 15 is 0 Å². The maximum absolute atomic E-state index is 6.20. The van der Waals surface area contributed by atoms with Crippen molar-refractivity contribution in [3.63, 3.8) is 0 Å². The summed E-state index contributed by atoms with van der Waals surface area (Å²) < 4.78 is 17.6. The molecule has 2 fully saturated rings. The molecule has 4 rings (SSSR count). The largest absolute Gasteiger partial charge is 0.370 e. The van der Waals surface area contributed by atoms with Gasteiger partial charge in [-0.15, -0.1) is 0 Å². The third-order valence-corrected chi connectivity index (χ3v) is 5.91. The summed E-state index contributed by atoms with van der Waals surface area (Å²) in [4.78, 5) is 7.19. The van der Waals surface area contributed by atoms with Gasteiger partial charge in [0.1, 0.15) is 11.7 Å². The summed E-state index contributed by atoms with van der Waals surface area (Å²) in [5.41, 5.74) is 0.866. The molecule has 0 amide bonds. The van der Waals surface area contributed by atoms with E-state index in [4.69, 9.17) is 14.0 Å². The summed E-state index contributed by atoms with van der Waals surface area (Å²) in [5, 5.41) is 4.20. The fourth-order valence-electron chi connectivity index (χ4n) is 4.24. The van der Waals surface area contributed by atoms with Crippen LogP contribution >= 0.6 is 0 Å². The number of nitrogens with zero attached hydrogens (tertiary/aromatic N) is 3. The molecule has 1 aromatic carbocycles. The van der Waals surface area contributed by atoms with Crippen LogP contribution in [0.15, 0.2) is 34.9 Å². The van der Waals surface area contributed by atoms with Crippen molar-refractivity contribution >= 4 is 0 Å². The Morgan fingerprint density at radius 3 is 2.70 bits per heavy atom. The Kier molecular flexibility index (Phi) is 5.57. The molecule has 2 aliphatic rings. The first kappa shape index (κ1) is 18.6. The molecule has 0 unspecified atom stereocenters. The molecule has 0 radical (unpaired) electrons.